The molecule has 1 aliphatic rings. The summed E-state index contributed by atoms with van der Waals surface area (Å²) in [5, 5.41) is 16.7. The minimum Gasteiger partial charge on any atom is -0.491 e. The van der Waals surface area contributed by atoms with Gasteiger partial charge in [-0.15, -0.1) is 0 Å². The van der Waals surface area contributed by atoms with Crippen LogP contribution < -0.4 is 15.4 Å². The fraction of sp³-hybridized carbons (Fsp3) is 0.258. The molecule has 1 amide bonds. The fourth-order valence-corrected chi connectivity index (χ4v) is 4.83. The van der Waals surface area contributed by atoms with Gasteiger partial charge in [0.15, 0.2) is 0 Å². The molecule has 218 valence electrons. The number of benzene rings is 3. The summed E-state index contributed by atoms with van der Waals surface area (Å²) in [6.45, 7) is 6.93. The molecule has 0 aliphatic carbocycles. The number of nitrogens with zero attached hydrogens (tertiary/aromatic N) is 4. The van der Waals surface area contributed by atoms with E-state index in [-0.39, 0.29) is 5.56 Å². The molecule has 1 unspecified atom stereocenters. The van der Waals surface area contributed by atoms with Gasteiger partial charge in [0.05, 0.1) is 23.4 Å². The second-order valence-electron chi connectivity index (χ2n) is 10.0. The van der Waals surface area contributed by atoms with Gasteiger partial charge in [0.2, 0.25) is 5.91 Å². The van der Waals surface area contributed by atoms with Gasteiger partial charge in [0, 0.05) is 43.3 Å². The van der Waals surface area contributed by atoms with Crippen molar-refractivity contribution in [1.82, 2.24) is 19.8 Å². The molecule has 0 saturated carbocycles. The molecular weight excluding hydrogens is 542 g/mol. The Morgan fingerprint density at radius 2 is 1.93 bits per heavy atom. The van der Waals surface area contributed by atoms with Crippen molar-refractivity contribution < 1.29 is 23.4 Å². The van der Waals surface area contributed by atoms with Crippen molar-refractivity contribution in [3.8, 4) is 16.9 Å². The maximum absolute atomic E-state index is 14.4. The van der Waals surface area contributed by atoms with Gasteiger partial charge in [-0.05, 0) is 55.4 Å². The smallest absolute Gasteiger partial charge is 0.247 e. The zero-order valence-electron chi connectivity index (χ0n) is 23.2. The lowest BCUT2D eigenvalue weighted by atomic mass is 10.0. The van der Waals surface area contributed by atoms with E-state index in [0.29, 0.717) is 52.6 Å². The van der Waals surface area contributed by atoms with Crippen LogP contribution in [0.2, 0.25) is 0 Å². The average molecular weight is 575 g/mol. The lowest BCUT2D eigenvalue weighted by molar-refractivity contribution is -0.111. The van der Waals surface area contributed by atoms with Gasteiger partial charge < -0.3 is 20.5 Å². The number of hydrogen-bond acceptors (Lipinski definition) is 8. The number of likely N-dealkylation sites (N-methyl/N-ethyl adjacent to an activating group) is 1. The molecule has 1 fully saturated rings. The summed E-state index contributed by atoms with van der Waals surface area (Å²) in [5.41, 5.74) is 1.80. The molecule has 42 heavy (non-hydrogen) atoms. The molecule has 2 heterocycles. The van der Waals surface area contributed by atoms with Crippen molar-refractivity contribution in [3.63, 3.8) is 0 Å². The monoisotopic (exact) mass is 574 g/mol. The van der Waals surface area contributed by atoms with Gasteiger partial charge >= 0.3 is 0 Å². The van der Waals surface area contributed by atoms with Crippen LogP contribution in [0.25, 0.3) is 22.0 Å². The molecule has 4 aromatic rings. The zero-order valence-corrected chi connectivity index (χ0v) is 23.2. The Morgan fingerprint density at radius 3 is 2.69 bits per heavy atom. The molecule has 0 bridgehead atoms. The van der Waals surface area contributed by atoms with E-state index in [1.54, 1.807) is 36.4 Å². The van der Waals surface area contributed by atoms with Crippen LogP contribution >= 0.6 is 0 Å². The number of aliphatic hydroxyl groups is 1. The van der Waals surface area contributed by atoms with E-state index in [4.69, 9.17) is 4.74 Å². The number of piperazine rings is 1. The molecule has 3 N–H and O–H groups in total. The molecule has 11 heteroatoms. The lowest BCUT2D eigenvalue weighted by Gasteiger charge is -2.36. The van der Waals surface area contributed by atoms with Crippen LogP contribution in [0.15, 0.2) is 73.6 Å². The van der Waals surface area contributed by atoms with Gasteiger partial charge in [-0.1, -0.05) is 24.8 Å². The predicted octanol–water partition coefficient (Wildman–Crippen LogP) is 4.78. The molecule has 1 aromatic heterocycles. The molecular formula is C31H32F2N6O3. The first-order chi connectivity index (χ1) is 20.3. The van der Waals surface area contributed by atoms with Gasteiger partial charge in [0.1, 0.15) is 35.8 Å². The highest BCUT2D eigenvalue weighted by Gasteiger charge is 2.21. The normalized spacial score (nSPS) is 15.9. The first-order valence-electron chi connectivity index (χ1n) is 13.6. The summed E-state index contributed by atoms with van der Waals surface area (Å²) in [7, 11) is 1.90. The molecule has 0 radical (unpaired) electrons. The van der Waals surface area contributed by atoms with Crippen molar-refractivity contribution in [2.45, 2.75) is 12.6 Å². The maximum atomic E-state index is 14.4. The van der Waals surface area contributed by atoms with Gasteiger partial charge in [-0.3, -0.25) is 14.6 Å². The number of hydrogen-bond donors (Lipinski definition) is 3. The van der Waals surface area contributed by atoms with Crippen LogP contribution in [0.3, 0.4) is 0 Å². The number of nitrogens with one attached hydrogen (secondary N) is 2. The van der Waals surface area contributed by atoms with Gasteiger partial charge in [-0.2, -0.15) is 0 Å². The third kappa shape index (κ3) is 6.71. The van der Waals surface area contributed by atoms with E-state index in [2.05, 4.69) is 32.1 Å². The van der Waals surface area contributed by atoms with E-state index in [1.165, 1.54) is 30.6 Å². The van der Waals surface area contributed by atoms with Gasteiger partial charge in [0.25, 0.3) is 0 Å². The number of halogens is 2. The number of ether oxygens (including phenoxy) is 1. The Morgan fingerprint density at radius 1 is 1.14 bits per heavy atom. The number of fused-ring (bicyclic) bond motifs is 1. The number of carbonyl (C=O) groups excluding carboxylic acids is 1. The number of β-amino-alcohol motifs (C(OH)–C–C–N with tert-alkyl or cyclic N) is 1. The number of amides is 1. The Bertz CT molecular complexity index is 1580. The summed E-state index contributed by atoms with van der Waals surface area (Å²) < 4.78 is 34.9. The Labute approximate surface area is 242 Å². The SMILES string of the molecule is C=CC(=O)Nc1cc2c(Nc3cccc(-c4c(F)cccc4F)c3)ncnc2cc1OCCCN1CCN(C)C(O)C1. The zero-order chi connectivity index (χ0) is 29.6. The summed E-state index contributed by atoms with van der Waals surface area (Å²) >= 11 is 0. The molecule has 3 aromatic carbocycles. The van der Waals surface area contributed by atoms with Crippen molar-refractivity contribution in [2.24, 2.45) is 0 Å². The van der Waals surface area contributed by atoms with E-state index in [1.807, 2.05) is 11.9 Å². The average Bonchev–Trinajstić information content (AvgIpc) is 2.97. The topological polar surface area (TPSA) is 103 Å². The van der Waals surface area contributed by atoms with Crippen molar-refractivity contribution in [2.75, 3.05) is 50.5 Å². The van der Waals surface area contributed by atoms with Crippen molar-refractivity contribution >= 4 is 34.0 Å². The second kappa shape index (κ2) is 13.0. The maximum Gasteiger partial charge on any atom is 0.247 e. The Balaban J connectivity index is 1.37. The summed E-state index contributed by atoms with van der Waals surface area (Å²) in [6.07, 6.45) is 2.81. The number of carbonyl (C=O) groups is 1. The molecule has 0 spiro atoms. The largest absolute Gasteiger partial charge is 0.491 e. The summed E-state index contributed by atoms with van der Waals surface area (Å²) in [6, 6.07) is 13.9. The van der Waals surface area contributed by atoms with Crippen LogP contribution in [-0.4, -0.2) is 76.8 Å². The lowest BCUT2D eigenvalue weighted by Crippen LogP contribution is -2.51. The van der Waals surface area contributed by atoms with E-state index in [9.17, 15) is 18.7 Å². The highest BCUT2D eigenvalue weighted by Crippen LogP contribution is 2.34. The summed E-state index contributed by atoms with van der Waals surface area (Å²) in [4.78, 5) is 25.1. The Hall–Kier alpha value is -4.45. The minimum atomic E-state index is -0.657. The second-order valence-corrected chi connectivity index (χ2v) is 10.0. The third-order valence-electron chi connectivity index (χ3n) is 7.13. The molecule has 1 saturated heterocycles. The fourth-order valence-electron chi connectivity index (χ4n) is 4.83. The van der Waals surface area contributed by atoms with E-state index >= 15 is 0 Å². The number of aliphatic hydroxyl groups excluding tert-OH is 1. The molecule has 5 rings (SSSR count). The van der Waals surface area contributed by atoms with Crippen LogP contribution in [0.4, 0.5) is 26.0 Å². The van der Waals surface area contributed by atoms with Crippen LogP contribution in [0.5, 0.6) is 5.75 Å². The van der Waals surface area contributed by atoms with Crippen molar-refractivity contribution in [3.05, 3.63) is 85.2 Å². The van der Waals surface area contributed by atoms with Crippen LogP contribution in [0.1, 0.15) is 6.42 Å². The van der Waals surface area contributed by atoms with Crippen molar-refractivity contribution in [1.29, 1.82) is 0 Å². The van der Waals surface area contributed by atoms with Gasteiger partial charge in [-0.25, -0.2) is 18.7 Å². The molecule has 9 nitrogen and oxygen atoms in total. The first kappa shape index (κ1) is 29.1. The Kier molecular flexibility index (Phi) is 9.01. The minimum absolute atomic E-state index is 0.117. The van der Waals surface area contributed by atoms with E-state index in [0.717, 1.165) is 26.1 Å². The van der Waals surface area contributed by atoms with Crippen LogP contribution in [-0.2, 0) is 4.79 Å². The first-order valence-corrected chi connectivity index (χ1v) is 13.6. The quantitative estimate of drug-likeness (QED) is 0.184. The highest BCUT2D eigenvalue weighted by molar-refractivity contribution is 6.03. The number of anilines is 3. The molecule has 1 atom stereocenters. The standard InChI is InChI=1S/C31H32F2N6O3/c1-3-28(40)37-26-16-22-25(17-27(26)42-14-6-11-39-13-12-38(2)29(41)18-39)34-19-35-31(22)36-21-8-4-7-20(15-21)30-23(32)9-5-10-24(30)33/h3-5,7-10,15-17,19,29,41H,1,6,11-14,18H2,2H3,(H,37,40)(H,34,35,36). The predicted molar refractivity (Wildman–Crippen MR) is 159 cm³/mol. The number of aromatic nitrogens is 2. The van der Waals surface area contributed by atoms with Crippen LogP contribution in [0, 0.1) is 11.6 Å². The molecule has 1 aliphatic heterocycles. The van der Waals surface area contributed by atoms with E-state index < -0.39 is 23.8 Å². The third-order valence-corrected chi connectivity index (χ3v) is 7.13. The summed E-state index contributed by atoms with van der Waals surface area (Å²) in [5.74, 6) is -0.846. The highest BCUT2D eigenvalue weighted by atomic mass is 19.1. The number of rotatable bonds is 10.